The number of carboxylic acid groups (broad SMARTS) is 1. The molecule has 180 valence electrons. The summed E-state index contributed by atoms with van der Waals surface area (Å²) >= 11 is 0. The molecule has 0 radical (unpaired) electrons. The van der Waals surface area contributed by atoms with Gasteiger partial charge in [-0.1, -0.05) is 0 Å². The zero-order chi connectivity index (χ0) is 24.7. The van der Waals surface area contributed by atoms with Gasteiger partial charge in [0.25, 0.3) is 0 Å². The van der Waals surface area contributed by atoms with Crippen LogP contribution in [0.3, 0.4) is 0 Å². The molecule has 0 saturated carbocycles. The van der Waals surface area contributed by atoms with Crippen molar-refractivity contribution in [3.05, 3.63) is 46.6 Å². The summed E-state index contributed by atoms with van der Waals surface area (Å²) in [6, 6.07) is 7.61. The third-order valence-corrected chi connectivity index (χ3v) is 5.31. The van der Waals surface area contributed by atoms with Crippen molar-refractivity contribution >= 4 is 16.9 Å². The number of methoxy groups -OCH3 is 1. The van der Waals surface area contributed by atoms with Crippen molar-refractivity contribution in [2.45, 2.75) is 30.7 Å². The van der Waals surface area contributed by atoms with E-state index in [1.807, 2.05) is 0 Å². The minimum Gasteiger partial charge on any atom is -0.507 e. The van der Waals surface area contributed by atoms with E-state index in [4.69, 9.17) is 23.7 Å². The SMILES string of the molecule is COc1cc(-c2cc(=O)c3c(O)cc(O[C@@H]4OC(C(=O)O)[C@@H](O)[C@H](O)C4O)cc3o2)ccc1O. The zero-order valence-corrected chi connectivity index (χ0v) is 17.5. The van der Waals surface area contributed by atoms with Crippen LogP contribution in [0.15, 0.2) is 45.6 Å². The molecule has 0 spiro atoms. The second-order valence-electron chi connectivity index (χ2n) is 7.53. The van der Waals surface area contributed by atoms with E-state index in [1.54, 1.807) is 0 Å². The van der Waals surface area contributed by atoms with Crippen LogP contribution >= 0.6 is 0 Å². The first kappa shape index (κ1) is 23.3. The summed E-state index contributed by atoms with van der Waals surface area (Å²) in [4.78, 5) is 23.9. The molecule has 12 nitrogen and oxygen atoms in total. The Balaban J connectivity index is 1.73. The molecule has 1 aliphatic heterocycles. The minimum atomic E-state index is -1.90. The molecule has 2 unspecified atom stereocenters. The molecule has 3 aromatic rings. The number of aliphatic carboxylic acids is 1. The van der Waals surface area contributed by atoms with Crippen molar-refractivity contribution in [1.82, 2.24) is 0 Å². The Morgan fingerprint density at radius 1 is 0.971 bits per heavy atom. The van der Waals surface area contributed by atoms with Gasteiger partial charge in [-0.15, -0.1) is 0 Å². The molecule has 34 heavy (non-hydrogen) atoms. The molecule has 4 rings (SSSR count). The maximum absolute atomic E-state index is 12.6. The number of fused-ring (bicyclic) bond motifs is 1. The lowest BCUT2D eigenvalue weighted by Crippen LogP contribution is -2.61. The van der Waals surface area contributed by atoms with Gasteiger partial charge in [-0.25, -0.2) is 4.79 Å². The third-order valence-electron chi connectivity index (χ3n) is 5.31. The van der Waals surface area contributed by atoms with Gasteiger partial charge in [-0.3, -0.25) is 4.79 Å². The smallest absolute Gasteiger partial charge is 0.335 e. The number of phenolic OH excluding ortho intramolecular Hbond substituents is 2. The van der Waals surface area contributed by atoms with Crippen LogP contribution in [0.4, 0.5) is 0 Å². The fourth-order valence-electron chi connectivity index (χ4n) is 3.57. The van der Waals surface area contributed by atoms with E-state index in [9.17, 15) is 35.1 Å². The first-order valence-electron chi connectivity index (χ1n) is 9.88. The summed E-state index contributed by atoms with van der Waals surface area (Å²) in [6.45, 7) is 0. The highest BCUT2D eigenvalue weighted by molar-refractivity contribution is 5.86. The molecule has 0 bridgehead atoms. The Hall–Kier alpha value is -3.84. The molecular formula is C22H20O12. The first-order chi connectivity index (χ1) is 16.1. The van der Waals surface area contributed by atoms with Gasteiger partial charge in [0.15, 0.2) is 23.0 Å². The third kappa shape index (κ3) is 4.10. The number of hydrogen-bond donors (Lipinski definition) is 6. The number of carboxylic acids is 1. The number of aliphatic hydroxyl groups is 3. The highest BCUT2D eigenvalue weighted by Gasteiger charge is 2.48. The monoisotopic (exact) mass is 476 g/mol. The van der Waals surface area contributed by atoms with Gasteiger partial charge in [0.05, 0.1) is 7.11 Å². The Morgan fingerprint density at radius 3 is 2.38 bits per heavy atom. The fraction of sp³-hybridized carbons (Fsp3) is 0.273. The Labute approximate surface area is 190 Å². The van der Waals surface area contributed by atoms with Gasteiger partial charge in [0.1, 0.15) is 46.5 Å². The molecule has 12 heteroatoms. The van der Waals surface area contributed by atoms with E-state index in [0.717, 1.165) is 12.1 Å². The molecule has 0 amide bonds. The number of hydrogen-bond acceptors (Lipinski definition) is 11. The van der Waals surface area contributed by atoms with Gasteiger partial charge in [-0.2, -0.15) is 0 Å². The second-order valence-corrected chi connectivity index (χ2v) is 7.53. The van der Waals surface area contributed by atoms with Crippen molar-refractivity contribution in [2.75, 3.05) is 7.11 Å². The highest BCUT2D eigenvalue weighted by Crippen LogP contribution is 2.35. The normalized spacial score (nSPS) is 24.6. The number of benzene rings is 2. The van der Waals surface area contributed by atoms with Crippen molar-refractivity contribution in [1.29, 1.82) is 0 Å². The molecule has 1 aliphatic rings. The van der Waals surface area contributed by atoms with E-state index in [1.165, 1.54) is 31.4 Å². The van der Waals surface area contributed by atoms with Crippen LogP contribution in [0.25, 0.3) is 22.3 Å². The van der Waals surface area contributed by atoms with Gasteiger partial charge in [0.2, 0.25) is 6.29 Å². The average molecular weight is 476 g/mol. The predicted octanol–water partition coefficient (Wildman–Crippen LogP) is 0.151. The number of aliphatic hydroxyl groups excluding tert-OH is 3. The van der Waals surface area contributed by atoms with Gasteiger partial charge in [0, 0.05) is 23.8 Å². The van der Waals surface area contributed by atoms with Gasteiger partial charge in [-0.05, 0) is 18.2 Å². The van der Waals surface area contributed by atoms with E-state index in [2.05, 4.69) is 0 Å². The maximum Gasteiger partial charge on any atom is 0.335 e. The molecule has 1 fully saturated rings. The second kappa shape index (κ2) is 8.83. The van der Waals surface area contributed by atoms with Crippen molar-refractivity contribution in [3.63, 3.8) is 0 Å². The van der Waals surface area contributed by atoms with Crippen LogP contribution in [0.5, 0.6) is 23.0 Å². The molecule has 0 aliphatic carbocycles. The zero-order valence-electron chi connectivity index (χ0n) is 17.5. The average Bonchev–Trinajstić information content (AvgIpc) is 2.79. The van der Waals surface area contributed by atoms with E-state index in [0.29, 0.717) is 5.56 Å². The molecular weight excluding hydrogens is 456 g/mol. The Kier molecular flexibility index (Phi) is 6.06. The van der Waals surface area contributed by atoms with Crippen LogP contribution < -0.4 is 14.9 Å². The quantitative estimate of drug-likeness (QED) is 0.292. The van der Waals surface area contributed by atoms with Crippen LogP contribution in [-0.2, 0) is 9.53 Å². The number of ether oxygens (including phenoxy) is 3. The lowest BCUT2D eigenvalue weighted by Gasteiger charge is -2.38. The molecule has 1 aromatic heterocycles. The van der Waals surface area contributed by atoms with Crippen LogP contribution in [0.1, 0.15) is 0 Å². The number of aromatic hydroxyl groups is 2. The summed E-state index contributed by atoms with van der Waals surface area (Å²) < 4.78 is 21.3. The predicted molar refractivity (Wildman–Crippen MR) is 113 cm³/mol. The minimum absolute atomic E-state index is 0.0748. The largest absolute Gasteiger partial charge is 0.507 e. The Bertz CT molecular complexity index is 1300. The lowest BCUT2D eigenvalue weighted by molar-refractivity contribution is -0.271. The fourth-order valence-corrected chi connectivity index (χ4v) is 3.57. The number of carbonyl (C=O) groups is 1. The molecule has 2 heterocycles. The highest BCUT2D eigenvalue weighted by atomic mass is 16.7. The molecule has 1 saturated heterocycles. The van der Waals surface area contributed by atoms with Crippen LogP contribution in [0.2, 0.25) is 0 Å². The number of rotatable bonds is 5. The van der Waals surface area contributed by atoms with E-state index < -0.39 is 47.9 Å². The maximum atomic E-state index is 12.6. The number of phenols is 2. The first-order valence-corrected chi connectivity index (χ1v) is 9.88. The van der Waals surface area contributed by atoms with Crippen molar-refractivity contribution < 1.29 is 54.1 Å². The van der Waals surface area contributed by atoms with Gasteiger partial charge < -0.3 is 49.3 Å². The van der Waals surface area contributed by atoms with Gasteiger partial charge >= 0.3 is 5.97 Å². The molecule has 5 atom stereocenters. The molecule has 6 N–H and O–H groups in total. The summed E-state index contributed by atoms with van der Waals surface area (Å²) in [5.41, 5.74) is -0.331. The topological polar surface area (TPSA) is 196 Å². The Morgan fingerprint density at radius 2 is 1.71 bits per heavy atom. The lowest BCUT2D eigenvalue weighted by atomic mass is 9.99. The van der Waals surface area contributed by atoms with Crippen LogP contribution in [-0.4, -0.2) is 74.4 Å². The summed E-state index contributed by atoms with van der Waals surface area (Å²) in [6.07, 6.45) is -9.23. The standard InChI is InChI=1S/C22H20O12/c1-31-14-4-8(2-3-10(14)23)13-7-12(25)16-11(24)5-9(6-15(16)33-13)32-22-19(28)17(26)18(27)20(34-22)21(29)30/h2-7,17-20,22-24,26-28H,1H3,(H,29,30)/t17-,18-,19?,20?,22+/m0/s1. The van der Waals surface area contributed by atoms with Crippen molar-refractivity contribution in [2.24, 2.45) is 0 Å². The van der Waals surface area contributed by atoms with E-state index in [-0.39, 0.29) is 34.0 Å². The summed E-state index contributed by atoms with van der Waals surface area (Å²) in [5.74, 6) is -2.22. The summed E-state index contributed by atoms with van der Waals surface area (Å²) in [5, 5.41) is 59.0. The van der Waals surface area contributed by atoms with Crippen molar-refractivity contribution in [3.8, 4) is 34.3 Å². The summed E-state index contributed by atoms with van der Waals surface area (Å²) in [7, 11) is 1.35. The molecule has 2 aromatic carbocycles. The van der Waals surface area contributed by atoms with Crippen LogP contribution in [0, 0.1) is 0 Å². The van der Waals surface area contributed by atoms with E-state index >= 15 is 0 Å².